The first-order valence-electron chi connectivity index (χ1n) is 5.60. The lowest BCUT2D eigenvalue weighted by Gasteiger charge is -2.32. The van der Waals surface area contributed by atoms with Gasteiger partial charge >= 0.3 is 0 Å². The van der Waals surface area contributed by atoms with Crippen LogP contribution in [0.1, 0.15) is 52.7 Å². The summed E-state index contributed by atoms with van der Waals surface area (Å²) in [5, 5.41) is 2.00. The molecule has 0 aromatic heterocycles. The van der Waals surface area contributed by atoms with Crippen molar-refractivity contribution < 1.29 is 0 Å². The van der Waals surface area contributed by atoms with Crippen molar-refractivity contribution in [2.75, 3.05) is 0 Å². The minimum absolute atomic E-state index is 0.0579. The lowest BCUT2D eigenvalue weighted by molar-refractivity contribution is 0.533. The van der Waals surface area contributed by atoms with Crippen LogP contribution in [0.2, 0.25) is 5.02 Å². The zero-order valence-electron chi connectivity index (χ0n) is 11.0. The van der Waals surface area contributed by atoms with Gasteiger partial charge in [0.2, 0.25) is 0 Å². The van der Waals surface area contributed by atoms with Gasteiger partial charge in [-0.05, 0) is 28.0 Å². The Labute approximate surface area is 108 Å². The Hall–Kier alpha value is -0.273. The normalized spacial score (nSPS) is 13.0. The lowest BCUT2D eigenvalue weighted by Crippen LogP contribution is -2.30. The molecule has 0 unspecified atom stereocenters. The monoisotopic (exact) mass is 251 g/mol. The van der Waals surface area contributed by atoms with Crippen LogP contribution in [0.3, 0.4) is 0 Å². The molecule has 2 heteroatoms. The summed E-state index contributed by atoms with van der Waals surface area (Å²) in [4.78, 5) is 0. The highest BCUT2D eigenvalue weighted by Crippen LogP contribution is 2.36. The predicted molar refractivity (Wildman–Crippen MR) is 74.2 cm³/mol. The number of halogens is 1. The summed E-state index contributed by atoms with van der Waals surface area (Å²) in [5.74, 6) is 0. The van der Waals surface area contributed by atoms with E-state index in [4.69, 9.17) is 11.6 Å². The summed E-state index contributed by atoms with van der Waals surface area (Å²) >= 11 is 6.37. The Morgan fingerprint density at radius 3 is 1.62 bits per heavy atom. The van der Waals surface area contributed by atoms with E-state index in [1.54, 1.807) is 0 Å². The van der Waals surface area contributed by atoms with Crippen LogP contribution in [0.25, 0.3) is 0 Å². The van der Waals surface area contributed by atoms with Crippen molar-refractivity contribution in [2.24, 2.45) is 0 Å². The quantitative estimate of drug-likeness (QED) is 0.617. The minimum atomic E-state index is 0.0579. The van der Waals surface area contributed by atoms with Gasteiger partial charge in [-0.2, -0.15) is 0 Å². The first kappa shape index (κ1) is 13.8. The molecule has 0 aliphatic rings. The van der Waals surface area contributed by atoms with Gasteiger partial charge in [0, 0.05) is 5.02 Å². The molecule has 0 atom stereocenters. The van der Waals surface area contributed by atoms with Crippen LogP contribution < -0.4 is 5.19 Å². The molecule has 3 radical (unpaired) electrons. The molecule has 0 saturated heterocycles. The summed E-state index contributed by atoms with van der Waals surface area (Å²) in [5.41, 5.74) is 2.70. The number of rotatable bonds is 0. The van der Waals surface area contributed by atoms with E-state index in [0.717, 1.165) is 10.2 Å². The summed E-state index contributed by atoms with van der Waals surface area (Å²) in [7, 11) is 3.71. The Morgan fingerprint density at radius 1 is 0.875 bits per heavy atom. The second-order valence-corrected chi connectivity index (χ2v) is 7.29. The van der Waals surface area contributed by atoms with Crippen LogP contribution in [-0.4, -0.2) is 10.2 Å². The van der Waals surface area contributed by atoms with Crippen LogP contribution in [0.5, 0.6) is 0 Å². The van der Waals surface area contributed by atoms with Crippen molar-refractivity contribution >= 4 is 27.0 Å². The first-order valence-corrected chi connectivity index (χ1v) is 6.48. The second-order valence-electron chi connectivity index (χ2n) is 6.34. The molecule has 1 rings (SSSR count). The molecule has 0 bridgehead atoms. The van der Waals surface area contributed by atoms with Gasteiger partial charge in [-0.3, -0.25) is 0 Å². The SMILES string of the molecule is CC(C)(C)c1c([Si])ccc(Cl)c1C(C)(C)C. The third kappa shape index (κ3) is 2.69. The molecule has 1 aromatic rings. The Morgan fingerprint density at radius 2 is 1.31 bits per heavy atom. The molecule has 0 aliphatic carbocycles. The fourth-order valence-electron chi connectivity index (χ4n) is 2.09. The van der Waals surface area contributed by atoms with E-state index in [0.29, 0.717) is 0 Å². The molecule has 0 N–H and O–H groups in total. The molecular formula is C14H20ClSi. The third-order valence-electron chi connectivity index (χ3n) is 2.65. The number of hydrogen-bond donors (Lipinski definition) is 0. The maximum atomic E-state index is 6.37. The summed E-state index contributed by atoms with van der Waals surface area (Å²) in [6.07, 6.45) is 0. The van der Waals surface area contributed by atoms with Crippen LogP contribution in [-0.2, 0) is 10.8 Å². The van der Waals surface area contributed by atoms with Gasteiger partial charge in [0.25, 0.3) is 0 Å². The van der Waals surface area contributed by atoms with Gasteiger partial charge in [-0.25, -0.2) is 0 Å². The van der Waals surface area contributed by atoms with Gasteiger partial charge < -0.3 is 0 Å². The fraction of sp³-hybridized carbons (Fsp3) is 0.571. The van der Waals surface area contributed by atoms with Crippen LogP contribution in [0.15, 0.2) is 12.1 Å². The van der Waals surface area contributed by atoms with Gasteiger partial charge in [0.1, 0.15) is 0 Å². The summed E-state index contributed by atoms with van der Waals surface area (Å²) in [6, 6.07) is 4.01. The van der Waals surface area contributed by atoms with Crippen molar-refractivity contribution in [3.63, 3.8) is 0 Å². The molecule has 1 aromatic carbocycles. The topological polar surface area (TPSA) is 0 Å². The van der Waals surface area contributed by atoms with Crippen molar-refractivity contribution in [3.8, 4) is 0 Å². The van der Waals surface area contributed by atoms with Crippen LogP contribution >= 0.6 is 11.6 Å². The Kier molecular flexibility index (Phi) is 3.61. The standard InChI is InChI=1S/C14H20ClSi/c1-13(2,3)11-9(15)7-8-10(16)12(11)14(4,5)6/h7-8H,1-6H3. The number of benzene rings is 1. The molecule has 0 spiro atoms. The zero-order chi connectivity index (χ0) is 12.7. The molecule has 0 heterocycles. The van der Waals surface area contributed by atoms with Crippen LogP contribution in [0, 0.1) is 0 Å². The minimum Gasteiger partial charge on any atom is -0.0840 e. The average Bonchev–Trinajstić information content (AvgIpc) is 2.04. The maximum Gasteiger partial charge on any atom is 0.0716 e. The van der Waals surface area contributed by atoms with Gasteiger partial charge in [-0.15, -0.1) is 0 Å². The highest BCUT2D eigenvalue weighted by atomic mass is 35.5. The average molecular weight is 252 g/mol. The highest BCUT2D eigenvalue weighted by molar-refractivity contribution is 6.36. The smallest absolute Gasteiger partial charge is 0.0716 e. The van der Waals surface area contributed by atoms with Crippen molar-refractivity contribution in [2.45, 2.75) is 52.4 Å². The zero-order valence-corrected chi connectivity index (χ0v) is 12.8. The lowest BCUT2D eigenvalue weighted by atomic mass is 9.75. The molecule has 0 amide bonds. The van der Waals surface area contributed by atoms with E-state index in [1.807, 2.05) is 12.1 Å². The van der Waals surface area contributed by atoms with Crippen molar-refractivity contribution in [1.82, 2.24) is 0 Å². The Balaban J connectivity index is 3.64. The van der Waals surface area contributed by atoms with Crippen molar-refractivity contribution in [3.05, 3.63) is 28.3 Å². The fourth-order valence-corrected chi connectivity index (χ4v) is 3.11. The summed E-state index contributed by atoms with van der Waals surface area (Å²) in [6.45, 7) is 13.3. The van der Waals surface area contributed by atoms with Crippen LogP contribution in [0.4, 0.5) is 0 Å². The van der Waals surface area contributed by atoms with E-state index in [1.165, 1.54) is 11.1 Å². The van der Waals surface area contributed by atoms with Crippen molar-refractivity contribution in [1.29, 1.82) is 0 Å². The molecule has 0 saturated carbocycles. The molecule has 0 aliphatic heterocycles. The number of hydrogen-bond acceptors (Lipinski definition) is 0. The largest absolute Gasteiger partial charge is 0.0840 e. The van der Waals surface area contributed by atoms with Gasteiger partial charge in [0.05, 0.1) is 10.2 Å². The molecule has 0 nitrogen and oxygen atoms in total. The highest BCUT2D eigenvalue weighted by Gasteiger charge is 2.28. The van der Waals surface area contributed by atoms with E-state index in [9.17, 15) is 0 Å². The maximum absolute atomic E-state index is 6.37. The Bertz CT molecular complexity index is 355. The van der Waals surface area contributed by atoms with E-state index < -0.39 is 0 Å². The molecule has 0 fully saturated rings. The first-order chi connectivity index (χ1) is 7.05. The predicted octanol–water partition coefficient (Wildman–Crippen LogP) is 3.73. The third-order valence-corrected chi connectivity index (χ3v) is 3.39. The second kappa shape index (κ2) is 4.19. The van der Waals surface area contributed by atoms with E-state index >= 15 is 0 Å². The van der Waals surface area contributed by atoms with E-state index in [-0.39, 0.29) is 10.8 Å². The molecule has 16 heavy (non-hydrogen) atoms. The van der Waals surface area contributed by atoms with E-state index in [2.05, 4.69) is 51.8 Å². The summed E-state index contributed by atoms with van der Waals surface area (Å²) < 4.78 is 0. The van der Waals surface area contributed by atoms with Gasteiger partial charge in [0.15, 0.2) is 0 Å². The molecular weight excluding hydrogens is 232 g/mol. The van der Waals surface area contributed by atoms with Gasteiger partial charge in [-0.1, -0.05) is 64.4 Å². The molecule has 87 valence electrons.